The van der Waals surface area contributed by atoms with Crippen molar-refractivity contribution in [2.75, 3.05) is 41.3 Å². The second kappa shape index (κ2) is 16.9. The molecule has 0 aliphatic carbocycles. The zero-order valence-corrected chi connectivity index (χ0v) is 21.0. The molecule has 2 aromatic carbocycles. The Hall–Kier alpha value is 0.0223. The van der Waals surface area contributed by atoms with Gasteiger partial charge in [-0.25, -0.2) is 0 Å². The molecule has 0 aromatic heterocycles. The molecule has 0 atom stereocenters. The van der Waals surface area contributed by atoms with Gasteiger partial charge in [-0.15, -0.1) is 0 Å². The quantitative estimate of drug-likeness (QED) is 0.591. The molecule has 0 N–H and O–H groups in total. The average molecular weight is 494 g/mol. The molecule has 122 valence electrons. The molecule has 2 aromatic rings. The number of hydrogen-bond acceptors (Lipinski definition) is 2. The van der Waals surface area contributed by atoms with Crippen LogP contribution in [0.25, 0.3) is 0 Å². The van der Waals surface area contributed by atoms with Crippen molar-refractivity contribution in [2.24, 2.45) is 0 Å². The predicted octanol–water partition coefficient (Wildman–Crippen LogP) is 1.07. The maximum Gasteiger partial charge on any atom is 0 e. The van der Waals surface area contributed by atoms with Gasteiger partial charge in [0.1, 0.15) is 0 Å². The van der Waals surface area contributed by atoms with E-state index in [1.54, 1.807) is 0 Å². The van der Waals surface area contributed by atoms with Crippen LogP contribution < -0.4 is 8.92 Å². The van der Waals surface area contributed by atoms with Crippen LogP contribution in [0.1, 0.15) is 0 Å². The van der Waals surface area contributed by atoms with Crippen LogP contribution in [0, 0.1) is 0 Å². The second-order valence-electron chi connectivity index (χ2n) is 5.23. The summed E-state index contributed by atoms with van der Waals surface area (Å²) in [6.45, 7) is 2.29. The summed E-state index contributed by atoms with van der Waals surface area (Å²) in [7, 11) is 8.35. The number of rotatable bonds is 3. The maximum absolute atomic E-state index is 2.90. The van der Waals surface area contributed by atoms with Gasteiger partial charge < -0.3 is 9.80 Å². The number of likely N-dealkylation sites (N-methyl/N-ethyl adjacent to an activating group) is 2. The summed E-state index contributed by atoms with van der Waals surface area (Å²) in [4.78, 5) is 4.36. The van der Waals surface area contributed by atoms with E-state index >= 15 is 0 Å². The van der Waals surface area contributed by atoms with Gasteiger partial charge in [-0.05, 0) is 28.2 Å². The molecule has 0 amide bonds. The van der Waals surface area contributed by atoms with Crippen molar-refractivity contribution < 1.29 is 19.5 Å². The van der Waals surface area contributed by atoms with Crippen LogP contribution in [0.15, 0.2) is 60.7 Å². The first-order valence-electron chi connectivity index (χ1n) is 7.15. The first-order valence-corrected chi connectivity index (χ1v) is 8.86. The van der Waals surface area contributed by atoms with Gasteiger partial charge in [0, 0.05) is 32.6 Å². The standard InChI is InChI=1S/C6H16N2.2C6H5Se.Zn/c1-7(2)5-6-8(3)4;2*7-6-4-2-1-3-5-6;/h5-6H2,1-4H3;2*1-5H;. The number of hydrogen-bond donors (Lipinski definition) is 0. The minimum atomic E-state index is 0. The summed E-state index contributed by atoms with van der Waals surface area (Å²) in [5.41, 5.74) is 0. The average Bonchev–Trinajstić information content (AvgIpc) is 2.48. The zero-order valence-electron chi connectivity index (χ0n) is 14.6. The molecular formula is C18H26N2Se2Zn. The van der Waals surface area contributed by atoms with Crippen molar-refractivity contribution in [3.8, 4) is 0 Å². The van der Waals surface area contributed by atoms with Crippen molar-refractivity contribution in [3.63, 3.8) is 0 Å². The molecule has 2 radical (unpaired) electrons. The van der Waals surface area contributed by atoms with Crippen LogP contribution in [-0.2, 0) is 19.5 Å². The first kappa shape index (κ1) is 25.3. The van der Waals surface area contributed by atoms with Crippen molar-refractivity contribution in [2.45, 2.75) is 0 Å². The Kier molecular flexibility index (Phi) is 18.5. The summed E-state index contributed by atoms with van der Waals surface area (Å²) in [5.74, 6) is 0. The Morgan fingerprint density at radius 3 is 1.00 bits per heavy atom. The van der Waals surface area contributed by atoms with E-state index in [1.165, 1.54) is 8.92 Å². The van der Waals surface area contributed by atoms with Crippen LogP contribution >= 0.6 is 0 Å². The van der Waals surface area contributed by atoms with E-state index < -0.39 is 0 Å². The Bertz CT molecular complexity index is 419. The maximum atomic E-state index is 2.90. The van der Waals surface area contributed by atoms with E-state index in [0.29, 0.717) is 0 Å². The second-order valence-corrected chi connectivity index (χ2v) is 7.21. The Morgan fingerprint density at radius 1 is 0.609 bits per heavy atom. The van der Waals surface area contributed by atoms with E-state index in [-0.39, 0.29) is 19.5 Å². The molecule has 0 heterocycles. The van der Waals surface area contributed by atoms with Gasteiger partial charge in [0.25, 0.3) is 0 Å². The van der Waals surface area contributed by atoms with Crippen molar-refractivity contribution in [1.82, 2.24) is 9.80 Å². The van der Waals surface area contributed by atoms with Gasteiger partial charge in [0.05, 0.1) is 0 Å². The SMILES string of the molecule is CN(C)CCN(C)C.[Se]c1ccccc1.[Se]c1ccccc1.[Zn]. The Labute approximate surface area is 171 Å². The molecule has 0 bridgehead atoms. The molecule has 0 aliphatic rings. The summed E-state index contributed by atoms with van der Waals surface area (Å²) >= 11 is 5.80. The molecule has 2 rings (SSSR count). The van der Waals surface area contributed by atoms with E-state index in [0.717, 1.165) is 13.1 Å². The van der Waals surface area contributed by atoms with Crippen LogP contribution in [0.4, 0.5) is 0 Å². The molecular weight excluding hydrogens is 468 g/mol. The van der Waals surface area contributed by atoms with Gasteiger partial charge in [-0.2, -0.15) is 0 Å². The summed E-state index contributed by atoms with van der Waals surface area (Å²) < 4.78 is 2.39. The molecule has 0 fully saturated rings. The largest absolute Gasteiger partial charge is 0 e. The Balaban J connectivity index is 0. The minimum absolute atomic E-state index is 0. The molecule has 0 aliphatic heterocycles. The predicted molar refractivity (Wildman–Crippen MR) is 101 cm³/mol. The van der Waals surface area contributed by atoms with Crippen molar-refractivity contribution >= 4 is 40.9 Å². The van der Waals surface area contributed by atoms with Gasteiger partial charge in [-0.1, -0.05) is 0 Å². The van der Waals surface area contributed by atoms with Gasteiger partial charge in [0.2, 0.25) is 0 Å². The van der Waals surface area contributed by atoms with Gasteiger partial charge in [0.15, 0.2) is 0 Å². The summed E-state index contributed by atoms with van der Waals surface area (Å²) in [5, 5.41) is 0. The third kappa shape index (κ3) is 20.0. The minimum Gasteiger partial charge on any atom is 0 e. The number of nitrogens with zero attached hydrogens (tertiary/aromatic N) is 2. The molecule has 23 heavy (non-hydrogen) atoms. The molecule has 0 saturated carbocycles. The topological polar surface area (TPSA) is 6.48 Å². The monoisotopic (exact) mass is 494 g/mol. The fourth-order valence-corrected chi connectivity index (χ4v) is 1.90. The van der Waals surface area contributed by atoms with Crippen LogP contribution in [-0.4, -0.2) is 83.1 Å². The fraction of sp³-hybridized carbons (Fsp3) is 0.333. The summed E-state index contributed by atoms with van der Waals surface area (Å²) in [6, 6.07) is 20.1. The molecule has 0 unspecified atom stereocenters. The third-order valence-electron chi connectivity index (χ3n) is 2.48. The normalized spacial score (nSPS) is 9.13. The molecule has 0 spiro atoms. The van der Waals surface area contributed by atoms with Gasteiger partial charge in [-0.3, -0.25) is 0 Å². The third-order valence-corrected chi connectivity index (χ3v) is 3.62. The fourth-order valence-electron chi connectivity index (χ4n) is 1.24. The van der Waals surface area contributed by atoms with E-state index in [1.807, 2.05) is 60.7 Å². The number of benzene rings is 2. The smallest absolute Gasteiger partial charge is 0 e. The van der Waals surface area contributed by atoms with E-state index in [9.17, 15) is 0 Å². The van der Waals surface area contributed by atoms with Crippen LogP contribution in [0.3, 0.4) is 0 Å². The molecule has 0 saturated heterocycles. The zero-order chi connectivity index (χ0) is 16.8. The van der Waals surface area contributed by atoms with Crippen LogP contribution in [0.5, 0.6) is 0 Å². The van der Waals surface area contributed by atoms with Crippen LogP contribution in [0.2, 0.25) is 0 Å². The van der Waals surface area contributed by atoms with Crippen molar-refractivity contribution in [3.05, 3.63) is 60.7 Å². The van der Waals surface area contributed by atoms with Crippen molar-refractivity contribution in [1.29, 1.82) is 0 Å². The summed E-state index contributed by atoms with van der Waals surface area (Å²) in [6.07, 6.45) is 0. The van der Waals surface area contributed by atoms with E-state index in [2.05, 4.69) is 70.0 Å². The van der Waals surface area contributed by atoms with Gasteiger partial charge >= 0.3 is 102 Å². The Morgan fingerprint density at radius 2 is 0.870 bits per heavy atom. The van der Waals surface area contributed by atoms with E-state index in [4.69, 9.17) is 0 Å². The molecule has 2 nitrogen and oxygen atoms in total. The molecule has 5 heteroatoms. The first-order chi connectivity index (χ1) is 10.4.